The topological polar surface area (TPSA) is 15.3 Å². The van der Waals surface area contributed by atoms with Gasteiger partial charge in [-0.3, -0.25) is 4.31 Å². The minimum atomic E-state index is 0.687. The molecule has 0 radical (unpaired) electrons. The van der Waals surface area contributed by atoms with Crippen LogP contribution in [0.25, 0.3) is 0 Å². The standard InChI is InChI=1S/C9H18N2S/c1-12-11-6-3-9(4-7-11)2-5-10-8-9/h10H,2-8H2,1H3. The zero-order valence-corrected chi connectivity index (χ0v) is 8.62. The molecule has 0 amide bonds. The van der Waals surface area contributed by atoms with Gasteiger partial charge in [-0.2, -0.15) is 0 Å². The fourth-order valence-corrected chi connectivity index (χ4v) is 2.91. The summed E-state index contributed by atoms with van der Waals surface area (Å²) in [5.41, 5.74) is 0.687. The van der Waals surface area contributed by atoms with Gasteiger partial charge in [-0.05, 0) is 37.5 Å². The van der Waals surface area contributed by atoms with Crippen LogP contribution in [0.15, 0.2) is 0 Å². The molecule has 0 unspecified atom stereocenters. The van der Waals surface area contributed by atoms with Crippen LogP contribution in [0.5, 0.6) is 0 Å². The highest BCUT2D eigenvalue weighted by molar-refractivity contribution is 7.96. The number of rotatable bonds is 1. The molecule has 0 aromatic heterocycles. The van der Waals surface area contributed by atoms with Crippen LogP contribution in [-0.4, -0.2) is 36.7 Å². The molecule has 2 aliphatic rings. The lowest BCUT2D eigenvalue weighted by atomic mass is 9.78. The molecule has 0 saturated carbocycles. The summed E-state index contributed by atoms with van der Waals surface area (Å²) in [5.74, 6) is 0. The Labute approximate surface area is 79.2 Å². The first-order chi connectivity index (χ1) is 5.85. The molecule has 2 fully saturated rings. The van der Waals surface area contributed by atoms with Crippen LogP contribution < -0.4 is 5.32 Å². The average Bonchev–Trinajstić information content (AvgIpc) is 2.55. The van der Waals surface area contributed by atoms with Crippen molar-refractivity contribution < 1.29 is 0 Å². The lowest BCUT2D eigenvalue weighted by molar-refractivity contribution is 0.183. The van der Waals surface area contributed by atoms with E-state index in [1.54, 1.807) is 0 Å². The van der Waals surface area contributed by atoms with E-state index in [0.29, 0.717) is 5.41 Å². The van der Waals surface area contributed by atoms with Gasteiger partial charge in [0.2, 0.25) is 0 Å². The van der Waals surface area contributed by atoms with Gasteiger partial charge in [0, 0.05) is 19.6 Å². The van der Waals surface area contributed by atoms with Crippen molar-refractivity contribution in [1.29, 1.82) is 0 Å². The zero-order valence-electron chi connectivity index (χ0n) is 7.81. The van der Waals surface area contributed by atoms with E-state index in [-0.39, 0.29) is 0 Å². The first-order valence-electron chi connectivity index (χ1n) is 4.84. The Morgan fingerprint density at radius 3 is 2.50 bits per heavy atom. The molecule has 2 heterocycles. The first kappa shape index (κ1) is 8.85. The maximum Gasteiger partial charge on any atom is 0.00950 e. The molecule has 2 aliphatic heterocycles. The Kier molecular flexibility index (Phi) is 2.63. The molecule has 1 spiro atoms. The normalized spacial score (nSPS) is 29.8. The summed E-state index contributed by atoms with van der Waals surface area (Å²) < 4.78 is 2.49. The maximum absolute atomic E-state index is 3.49. The van der Waals surface area contributed by atoms with E-state index in [2.05, 4.69) is 15.9 Å². The van der Waals surface area contributed by atoms with E-state index in [1.165, 1.54) is 45.4 Å². The van der Waals surface area contributed by atoms with Gasteiger partial charge >= 0.3 is 0 Å². The second kappa shape index (κ2) is 3.56. The van der Waals surface area contributed by atoms with Crippen molar-refractivity contribution in [3.8, 4) is 0 Å². The van der Waals surface area contributed by atoms with Gasteiger partial charge in [0.05, 0.1) is 0 Å². The summed E-state index contributed by atoms with van der Waals surface area (Å²) in [6.07, 6.45) is 6.40. The van der Waals surface area contributed by atoms with E-state index in [9.17, 15) is 0 Å². The minimum absolute atomic E-state index is 0.687. The maximum atomic E-state index is 3.49. The predicted octanol–water partition coefficient (Wildman–Crippen LogP) is 1.34. The molecule has 2 saturated heterocycles. The van der Waals surface area contributed by atoms with E-state index in [4.69, 9.17) is 0 Å². The van der Waals surface area contributed by atoms with Gasteiger partial charge in [-0.15, -0.1) is 0 Å². The van der Waals surface area contributed by atoms with Crippen LogP contribution in [0, 0.1) is 5.41 Å². The molecule has 2 nitrogen and oxygen atoms in total. The third-order valence-corrected chi connectivity index (χ3v) is 4.25. The Balaban J connectivity index is 1.88. The second-order valence-electron chi connectivity index (χ2n) is 4.04. The molecule has 1 N–H and O–H groups in total. The molecule has 12 heavy (non-hydrogen) atoms. The molecule has 70 valence electrons. The van der Waals surface area contributed by atoms with Gasteiger partial charge in [0.15, 0.2) is 0 Å². The summed E-state index contributed by atoms with van der Waals surface area (Å²) in [6.45, 7) is 5.11. The van der Waals surface area contributed by atoms with E-state index in [0.717, 1.165) is 0 Å². The van der Waals surface area contributed by atoms with Crippen molar-refractivity contribution >= 4 is 11.9 Å². The van der Waals surface area contributed by atoms with E-state index in [1.807, 2.05) is 11.9 Å². The van der Waals surface area contributed by atoms with E-state index < -0.39 is 0 Å². The zero-order chi connectivity index (χ0) is 8.44. The Morgan fingerprint density at radius 2 is 2.00 bits per heavy atom. The number of nitrogens with zero attached hydrogens (tertiary/aromatic N) is 1. The summed E-state index contributed by atoms with van der Waals surface area (Å²) in [4.78, 5) is 0. The minimum Gasteiger partial charge on any atom is -0.316 e. The molecule has 0 aromatic rings. The number of hydrogen-bond acceptors (Lipinski definition) is 3. The van der Waals surface area contributed by atoms with Crippen LogP contribution in [0.4, 0.5) is 0 Å². The van der Waals surface area contributed by atoms with Crippen molar-refractivity contribution in [2.45, 2.75) is 19.3 Å². The summed E-state index contributed by atoms with van der Waals surface area (Å²) in [6, 6.07) is 0. The van der Waals surface area contributed by atoms with Crippen molar-refractivity contribution in [1.82, 2.24) is 9.62 Å². The Morgan fingerprint density at radius 1 is 1.25 bits per heavy atom. The van der Waals surface area contributed by atoms with Crippen LogP contribution in [0.1, 0.15) is 19.3 Å². The molecule has 0 bridgehead atoms. The molecule has 0 atom stereocenters. The smallest absolute Gasteiger partial charge is 0.00950 e. The molecule has 3 heteroatoms. The van der Waals surface area contributed by atoms with Gasteiger partial charge < -0.3 is 5.32 Å². The average molecular weight is 186 g/mol. The summed E-state index contributed by atoms with van der Waals surface area (Å²) >= 11 is 1.90. The highest BCUT2D eigenvalue weighted by Gasteiger charge is 2.36. The van der Waals surface area contributed by atoms with Gasteiger partial charge in [0.25, 0.3) is 0 Å². The third-order valence-electron chi connectivity index (χ3n) is 3.37. The number of hydrogen-bond donors (Lipinski definition) is 1. The van der Waals surface area contributed by atoms with Crippen LogP contribution in [0.2, 0.25) is 0 Å². The highest BCUT2D eigenvalue weighted by Crippen LogP contribution is 2.37. The molecule has 2 rings (SSSR count). The van der Waals surface area contributed by atoms with E-state index >= 15 is 0 Å². The second-order valence-corrected chi connectivity index (χ2v) is 4.92. The highest BCUT2D eigenvalue weighted by atomic mass is 32.2. The molecule has 0 aliphatic carbocycles. The fourth-order valence-electron chi connectivity index (χ4n) is 2.37. The van der Waals surface area contributed by atoms with Crippen LogP contribution in [0.3, 0.4) is 0 Å². The predicted molar refractivity (Wildman–Crippen MR) is 54.2 cm³/mol. The number of piperidine rings is 1. The van der Waals surface area contributed by atoms with Gasteiger partial charge in [0.1, 0.15) is 0 Å². The molecular weight excluding hydrogens is 168 g/mol. The molecule has 0 aromatic carbocycles. The Hall–Kier alpha value is 0.270. The monoisotopic (exact) mass is 186 g/mol. The van der Waals surface area contributed by atoms with Gasteiger partial charge in [-0.25, -0.2) is 0 Å². The molecular formula is C9H18N2S. The lowest BCUT2D eigenvalue weighted by Gasteiger charge is -2.37. The van der Waals surface area contributed by atoms with Crippen LogP contribution in [-0.2, 0) is 0 Å². The number of nitrogens with one attached hydrogen (secondary N) is 1. The van der Waals surface area contributed by atoms with Crippen molar-refractivity contribution in [2.24, 2.45) is 5.41 Å². The Bertz CT molecular complexity index is 145. The van der Waals surface area contributed by atoms with Crippen molar-refractivity contribution in [2.75, 3.05) is 32.4 Å². The van der Waals surface area contributed by atoms with Gasteiger partial charge in [-0.1, -0.05) is 11.9 Å². The fraction of sp³-hybridized carbons (Fsp3) is 1.00. The lowest BCUT2D eigenvalue weighted by Crippen LogP contribution is -2.37. The SMILES string of the molecule is CSN1CCC2(CCNC2)CC1. The summed E-state index contributed by atoms with van der Waals surface area (Å²) in [5, 5.41) is 3.49. The summed E-state index contributed by atoms with van der Waals surface area (Å²) in [7, 11) is 0. The third kappa shape index (κ3) is 1.63. The van der Waals surface area contributed by atoms with Crippen LogP contribution >= 0.6 is 11.9 Å². The largest absolute Gasteiger partial charge is 0.316 e. The van der Waals surface area contributed by atoms with Crippen molar-refractivity contribution in [3.63, 3.8) is 0 Å². The first-order valence-corrected chi connectivity index (χ1v) is 6.03. The quantitative estimate of drug-likeness (QED) is 0.622. The van der Waals surface area contributed by atoms with Crippen molar-refractivity contribution in [3.05, 3.63) is 0 Å².